The van der Waals surface area contributed by atoms with Crippen LogP contribution in [0.3, 0.4) is 0 Å². The van der Waals surface area contributed by atoms with Gasteiger partial charge >= 0.3 is 0 Å². The topological polar surface area (TPSA) is 67.4 Å². The molecule has 0 unspecified atom stereocenters. The Morgan fingerprint density at radius 2 is 2.15 bits per heavy atom. The number of thiophene rings is 1. The zero-order chi connectivity index (χ0) is 14.1. The van der Waals surface area contributed by atoms with Crippen molar-refractivity contribution in [3.05, 3.63) is 46.9 Å². The molecule has 3 rings (SSSR count). The summed E-state index contributed by atoms with van der Waals surface area (Å²) in [5, 5.41) is 15.7. The van der Waals surface area contributed by atoms with Crippen LogP contribution in [0, 0.1) is 25.2 Å². The van der Waals surface area contributed by atoms with Gasteiger partial charge in [0.15, 0.2) is 5.82 Å². The van der Waals surface area contributed by atoms with Crippen molar-refractivity contribution in [2.45, 2.75) is 13.8 Å². The van der Waals surface area contributed by atoms with E-state index in [2.05, 4.69) is 21.1 Å². The lowest BCUT2D eigenvalue weighted by Gasteiger charge is -2.02. The molecule has 0 saturated heterocycles. The van der Waals surface area contributed by atoms with Gasteiger partial charge in [-0.2, -0.15) is 10.4 Å². The molecule has 5 nitrogen and oxygen atoms in total. The molecule has 3 aromatic rings. The van der Waals surface area contributed by atoms with Gasteiger partial charge in [-0.15, -0.1) is 11.3 Å². The van der Waals surface area contributed by atoms with Crippen LogP contribution < -0.4 is 0 Å². The molecule has 0 bridgehead atoms. The van der Waals surface area contributed by atoms with Crippen molar-refractivity contribution in [3.8, 4) is 22.5 Å². The average Bonchev–Trinajstić information content (AvgIpc) is 3.06. The predicted molar refractivity (Wildman–Crippen MR) is 76.7 cm³/mol. The molecule has 0 saturated carbocycles. The third-order valence-corrected chi connectivity index (χ3v) is 3.65. The summed E-state index contributed by atoms with van der Waals surface area (Å²) in [6, 6.07) is 7.93. The molecule has 0 radical (unpaired) electrons. The summed E-state index contributed by atoms with van der Waals surface area (Å²) in [6.07, 6.45) is 1.70. The van der Waals surface area contributed by atoms with E-state index in [9.17, 15) is 5.26 Å². The zero-order valence-electron chi connectivity index (χ0n) is 11.0. The summed E-state index contributed by atoms with van der Waals surface area (Å²) in [7, 11) is 0. The Balaban J connectivity index is 2.14. The van der Waals surface area contributed by atoms with Crippen LogP contribution in [0.4, 0.5) is 0 Å². The second kappa shape index (κ2) is 4.87. The summed E-state index contributed by atoms with van der Waals surface area (Å²) in [6.45, 7) is 3.75. The van der Waals surface area contributed by atoms with E-state index >= 15 is 0 Å². The van der Waals surface area contributed by atoms with Crippen molar-refractivity contribution in [2.75, 3.05) is 0 Å². The van der Waals surface area contributed by atoms with Crippen molar-refractivity contribution in [1.29, 1.82) is 5.26 Å². The van der Waals surface area contributed by atoms with E-state index in [1.807, 2.05) is 37.4 Å². The molecule has 0 fully saturated rings. The third-order valence-electron chi connectivity index (χ3n) is 2.78. The summed E-state index contributed by atoms with van der Waals surface area (Å²) in [5.74, 6) is 1.36. The molecular formula is C14H11N5S. The number of aryl methyl sites for hydroxylation is 2. The number of nitrogens with zero attached hydrogens (tertiary/aromatic N) is 5. The SMILES string of the molecule is Cc1cc(-n2cc(C#N)c(-c3cccs3)n2)nc(C)n1. The molecule has 0 N–H and O–H groups in total. The second-order valence-electron chi connectivity index (χ2n) is 4.34. The van der Waals surface area contributed by atoms with Gasteiger partial charge in [0, 0.05) is 11.8 Å². The lowest BCUT2D eigenvalue weighted by molar-refractivity contribution is 0.825. The Hall–Kier alpha value is -2.52. The highest BCUT2D eigenvalue weighted by molar-refractivity contribution is 7.13. The predicted octanol–water partition coefficient (Wildman–Crippen LogP) is 2.88. The van der Waals surface area contributed by atoms with Gasteiger partial charge in [0.05, 0.1) is 16.6 Å². The second-order valence-corrected chi connectivity index (χ2v) is 5.29. The van der Waals surface area contributed by atoms with E-state index < -0.39 is 0 Å². The highest BCUT2D eigenvalue weighted by Crippen LogP contribution is 2.26. The van der Waals surface area contributed by atoms with Crippen molar-refractivity contribution < 1.29 is 0 Å². The molecule has 0 aromatic carbocycles. The van der Waals surface area contributed by atoms with Gasteiger partial charge < -0.3 is 0 Å². The Morgan fingerprint density at radius 1 is 1.30 bits per heavy atom. The molecule has 0 aliphatic carbocycles. The maximum atomic E-state index is 9.26. The smallest absolute Gasteiger partial charge is 0.157 e. The van der Waals surface area contributed by atoms with Crippen LogP contribution in [0.25, 0.3) is 16.4 Å². The largest absolute Gasteiger partial charge is 0.238 e. The monoisotopic (exact) mass is 281 g/mol. The first kappa shape index (κ1) is 12.5. The minimum Gasteiger partial charge on any atom is -0.238 e. The molecular weight excluding hydrogens is 270 g/mol. The maximum absolute atomic E-state index is 9.26. The summed E-state index contributed by atoms with van der Waals surface area (Å²) in [4.78, 5) is 9.58. The Labute approximate surface area is 120 Å². The average molecular weight is 281 g/mol. The first-order valence-electron chi connectivity index (χ1n) is 6.03. The number of rotatable bonds is 2. The Bertz CT molecular complexity index is 775. The van der Waals surface area contributed by atoms with Gasteiger partial charge in [0.1, 0.15) is 17.6 Å². The highest BCUT2D eigenvalue weighted by Gasteiger charge is 2.13. The summed E-state index contributed by atoms with van der Waals surface area (Å²) in [5.41, 5.74) is 2.11. The van der Waals surface area contributed by atoms with Gasteiger partial charge in [-0.1, -0.05) is 6.07 Å². The molecule has 98 valence electrons. The van der Waals surface area contributed by atoms with Gasteiger partial charge in [0.25, 0.3) is 0 Å². The standard InChI is InChI=1S/C14H11N5S/c1-9-6-13(17-10(2)16-9)19-8-11(7-15)14(18-19)12-4-3-5-20-12/h3-6,8H,1-2H3. The van der Waals surface area contributed by atoms with E-state index in [4.69, 9.17) is 0 Å². The van der Waals surface area contributed by atoms with E-state index in [0.29, 0.717) is 22.9 Å². The van der Waals surface area contributed by atoms with Gasteiger partial charge in [-0.05, 0) is 25.3 Å². The van der Waals surface area contributed by atoms with Crippen molar-refractivity contribution in [2.24, 2.45) is 0 Å². The fraction of sp³-hybridized carbons (Fsp3) is 0.143. The number of nitriles is 1. The van der Waals surface area contributed by atoms with Crippen molar-refractivity contribution in [1.82, 2.24) is 19.7 Å². The quantitative estimate of drug-likeness (QED) is 0.724. The lowest BCUT2D eigenvalue weighted by atomic mass is 10.2. The minimum atomic E-state index is 0.543. The van der Waals surface area contributed by atoms with Crippen LogP contribution in [0.5, 0.6) is 0 Å². The molecule has 0 aliphatic rings. The van der Waals surface area contributed by atoms with Crippen LogP contribution >= 0.6 is 11.3 Å². The number of aromatic nitrogens is 4. The van der Waals surface area contributed by atoms with Crippen LogP contribution in [-0.4, -0.2) is 19.7 Å². The fourth-order valence-electron chi connectivity index (χ4n) is 1.98. The van der Waals surface area contributed by atoms with E-state index in [1.165, 1.54) is 0 Å². The molecule has 3 heterocycles. The zero-order valence-corrected chi connectivity index (χ0v) is 11.8. The molecule has 0 amide bonds. The van der Waals surface area contributed by atoms with Crippen LogP contribution in [-0.2, 0) is 0 Å². The molecule has 3 aromatic heterocycles. The third kappa shape index (κ3) is 2.19. The molecule has 0 aliphatic heterocycles. The molecule has 0 atom stereocenters. The normalized spacial score (nSPS) is 10.4. The van der Waals surface area contributed by atoms with Crippen LogP contribution in [0.2, 0.25) is 0 Å². The van der Waals surface area contributed by atoms with Gasteiger partial charge in [-0.3, -0.25) is 0 Å². The maximum Gasteiger partial charge on any atom is 0.157 e. The van der Waals surface area contributed by atoms with Gasteiger partial charge in [0.2, 0.25) is 0 Å². The van der Waals surface area contributed by atoms with E-state index in [1.54, 1.807) is 22.2 Å². The summed E-state index contributed by atoms with van der Waals surface area (Å²) >= 11 is 1.56. The number of hydrogen-bond donors (Lipinski definition) is 0. The number of hydrogen-bond acceptors (Lipinski definition) is 5. The summed E-state index contributed by atoms with van der Waals surface area (Å²) < 4.78 is 1.63. The van der Waals surface area contributed by atoms with E-state index in [-0.39, 0.29) is 0 Å². The lowest BCUT2D eigenvalue weighted by Crippen LogP contribution is -2.02. The first-order valence-corrected chi connectivity index (χ1v) is 6.91. The van der Waals surface area contributed by atoms with E-state index in [0.717, 1.165) is 10.6 Å². The molecule has 20 heavy (non-hydrogen) atoms. The highest BCUT2D eigenvalue weighted by atomic mass is 32.1. The Kier molecular flexibility index (Phi) is 3.05. The Morgan fingerprint density at radius 3 is 2.80 bits per heavy atom. The first-order chi connectivity index (χ1) is 9.67. The van der Waals surface area contributed by atoms with Crippen molar-refractivity contribution in [3.63, 3.8) is 0 Å². The molecule has 6 heteroatoms. The van der Waals surface area contributed by atoms with Gasteiger partial charge in [-0.25, -0.2) is 14.6 Å². The molecule has 0 spiro atoms. The van der Waals surface area contributed by atoms with Crippen LogP contribution in [0.15, 0.2) is 29.8 Å². The van der Waals surface area contributed by atoms with Crippen LogP contribution in [0.1, 0.15) is 17.1 Å². The minimum absolute atomic E-state index is 0.543. The fourth-order valence-corrected chi connectivity index (χ4v) is 2.71. The van der Waals surface area contributed by atoms with Crippen molar-refractivity contribution >= 4 is 11.3 Å².